The van der Waals surface area contributed by atoms with Crippen LogP contribution in [-0.2, 0) is 5.60 Å². The normalized spacial score (nSPS) is 19.2. The Morgan fingerprint density at radius 2 is 2.23 bits per heavy atom. The quantitative estimate of drug-likeness (QED) is 0.692. The second-order valence-corrected chi connectivity index (χ2v) is 3.48. The Kier molecular flexibility index (Phi) is 1.88. The predicted molar refractivity (Wildman–Crippen MR) is 47.4 cm³/mol. The number of nitrogens with zero attached hydrogens (tertiary/aromatic N) is 1. The Labute approximate surface area is 76.4 Å². The van der Waals surface area contributed by atoms with Gasteiger partial charge in [0.1, 0.15) is 5.60 Å². The van der Waals surface area contributed by atoms with Crippen molar-refractivity contribution in [2.24, 2.45) is 0 Å². The summed E-state index contributed by atoms with van der Waals surface area (Å²) in [4.78, 5) is 14.4. The van der Waals surface area contributed by atoms with Crippen LogP contribution in [0.3, 0.4) is 0 Å². The molecule has 0 bridgehead atoms. The first kappa shape index (κ1) is 8.38. The van der Waals surface area contributed by atoms with Gasteiger partial charge in [-0.3, -0.25) is 9.78 Å². The summed E-state index contributed by atoms with van der Waals surface area (Å²) in [6, 6.07) is 3.41. The molecule has 2 rings (SSSR count). The maximum Gasteiger partial charge on any atom is 0.151 e. The van der Waals surface area contributed by atoms with Crippen LogP contribution < -0.4 is 0 Å². The molecule has 1 aromatic heterocycles. The fourth-order valence-electron chi connectivity index (χ4n) is 1.52. The van der Waals surface area contributed by atoms with Crippen LogP contribution in [0.2, 0.25) is 0 Å². The third-order valence-corrected chi connectivity index (χ3v) is 2.58. The molecule has 1 fully saturated rings. The fourth-order valence-corrected chi connectivity index (χ4v) is 1.52. The van der Waals surface area contributed by atoms with E-state index in [1.54, 1.807) is 12.1 Å². The number of aliphatic hydroxyl groups is 1. The van der Waals surface area contributed by atoms with E-state index in [-0.39, 0.29) is 0 Å². The number of rotatable bonds is 2. The lowest BCUT2D eigenvalue weighted by molar-refractivity contribution is -0.0426. The highest BCUT2D eigenvalue weighted by Gasteiger charge is 2.37. The monoisotopic (exact) mass is 177 g/mol. The second-order valence-electron chi connectivity index (χ2n) is 3.48. The molecule has 1 saturated carbocycles. The first-order valence-electron chi connectivity index (χ1n) is 4.39. The SMILES string of the molecule is O=Cc1ccc(C2(O)CCC2)nc1. The van der Waals surface area contributed by atoms with E-state index < -0.39 is 5.60 Å². The molecule has 0 saturated heterocycles. The van der Waals surface area contributed by atoms with Gasteiger partial charge in [0.25, 0.3) is 0 Å². The van der Waals surface area contributed by atoms with Crippen LogP contribution in [0.5, 0.6) is 0 Å². The van der Waals surface area contributed by atoms with Crippen LogP contribution in [0.25, 0.3) is 0 Å². The highest BCUT2D eigenvalue weighted by molar-refractivity contribution is 5.73. The Balaban J connectivity index is 2.27. The summed E-state index contributed by atoms with van der Waals surface area (Å²) >= 11 is 0. The van der Waals surface area contributed by atoms with E-state index in [2.05, 4.69) is 4.98 Å². The number of aromatic nitrogens is 1. The summed E-state index contributed by atoms with van der Waals surface area (Å²) in [5.74, 6) is 0. The van der Waals surface area contributed by atoms with Crippen molar-refractivity contribution in [3.63, 3.8) is 0 Å². The molecule has 0 aromatic carbocycles. The molecule has 1 aliphatic rings. The zero-order valence-corrected chi connectivity index (χ0v) is 7.23. The molecule has 3 nitrogen and oxygen atoms in total. The predicted octanol–water partition coefficient (Wildman–Crippen LogP) is 1.27. The van der Waals surface area contributed by atoms with E-state index in [4.69, 9.17) is 0 Å². The molecule has 1 aromatic rings. The summed E-state index contributed by atoms with van der Waals surface area (Å²) in [6.45, 7) is 0. The molecule has 1 heterocycles. The lowest BCUT2D eigenvalue weighted by Gasteiger charge is -2.35. The van der Waals surface area contributed by atoms with Crippen LogP contribution >= 0.6 is 0 Å². The highest BCUT2D eigenvalue weighted by atomic mass is 16.3. The molecule has 13 heavy (non-hydrogen) atoms. The van der Waals surface area contributed by atoms with Crippen LogP contribution in [0.15, 0.2) is 18.3 Å². The zero-order chi connectivity index (χ0) is 9.31. The van der Waals surface area contributed by atoms with Crippen molar-refractivity contribution in [1.29, 1.82) is 0 Å². The van der Waals surface area contributed by atoms with Crippen molar-refractivity contribution < 1.29 is 9.90 Å². The summed E-state index contributed by atoms with van der Waals surface area (Å²) in [5, 5.41) is 9.89. The van der Waals surface area contributed by atoms with E-state index in [0.717, 1.165) is 25.5 Å². The Hall–Kier alpha value is -1.22. The van der Waals surface area contributed by atoms with Gasteiger partial charge in [-0.15, -0.1) is 0 Å². The van der Waals surface area contributed by atoms with Crippen LogP contribution in [0.4, 0.5) is 0 Å². The van der Waals surface area contributed by atoms with Crippen molar-refractivity contribution in [1.82, 2.24) is 4.98 Å². The van der Waals surface area contributed by atoms with Crippen LogP contribution in [0.1, 0.15) is 35.3 Å². The average molecular weight is 177 g/mol. The summed E-state index contributed by atoms with van der Waals surface area (Å²) in [6.07, 6.45) is 4.86. The minimum atomic E-state index is -0.721. The van der Waals surface area contributed by atoms with Gasteiger partial charge in [0, 0.05) is 11.8 Å². The minimum Gasteiger partial charge on any atom is -0.384 e. The van der Waals surface area contributed by atoms with Gasteiger partial charge >= 0.3 is 0 Å². The van der Waals surface area contributed by atoms with Gasteiger partial charge in [-0.2, -0.15) is 0 Å². The minimum absolute atomic E-state index is 0.548. The molecule has 0 unspecified atom stereocenters. The number of carbonyl (C=O) groups is 1. The molecular formula is C10H11NO2. The number of carbonyl (C=O) groups excluding carboxylic acids is 1. The number of hydrogen-bond donors (Lipinski definition) is 1. The standard InChI is InChI=1S/C10H11NO2/c12-7-8-2-3-9(11-6-8)10(13)4-1-5-10/h2-3,6-7,13H,1,4-5H2. The third-order valence-electron chi connectivity index (χ3n) is 2.58. The van der Waals surface area contributed by atoms with Gasteiger partial charge in [0.05, 0.1) is 5.69 Å². The van der Waals surface area contributed by atoms with E-state index in [0.29, 0.717) is 11.3 Å². The van der Waals surface area contributed by atoms with Gasteiger partial charge in [-0.05, 0) is 31.4 Å². The number of hydrogen-bond acceptors (Lipinski definition) is 3. The third kappa shape index (κ3) is 1.35. The van der Waals surface area contributed by atoms with Crippen molar-refractivity contribution in [3.8, 4) is 0 Å². The highest BCUT2D eigenvalue weighted by Crippen LogP contribution is 2.39. The largest absolute Gasteiger partial charge is 0.384 e. The number of aldehydes is 1. The maximum absolute atomic E-state index is 10.3. The summed E-state index contributed by atoms with van der Waals surface area (Å²) in [5.41, 5.74) is 0.512. The molecule has 1 N–H and O–H groups in total. The van der Waals surface area contributed by atoms with Crippen molar-refractivity contribution >= 4 is 6.29 Å². The zero-order valence-electron chi connectivity index (χ0n) is 7.23. The smallest absolute Gasteiger partial charge is 0.151 e. The Bertz CT molecular complexity index is 314. The van der Waals surface area contributed by atoms with Crippen molar-refractivity contribution in [3.05, 3.63) is 29.6 Å². The van der Waals surface area contributed by atoms with Crippen LogP contribution in [0, 0.1) is 0 Å². The first-order chi connectivity index (χ1) is 6.24. The van der Waals surface area contributed by atoms with Crippen LogP contribution in [-0.4, -0.2) is 16.4 Å². The lowest BCUT2D eigenvalue weighted by atomic mass is 9.77. The molecule has 3 heteroatoms. The molecule has 1 aliphatic carbocycles. The van der Waals surface area contributed by atoms with Gasteiger partial charge < -0.3 is 5.11 Å². The van der Waals surface area contributed by atoms with E-state index >= 15 is 0 Å². The van der Waals surface area contributed by atoms with Gasteiger partial charge in [-0.25, -0.2) is 0 Å². The summed E-state index contributed by atoms with van der Waals surface area (Å²) < 4.78 is 0. The first-order valence-corrected chi connectivity index (χ1v) is 4.39. The fraction of sp³-hybridized carbons (Fsp3) is 0.400. The summed E-state index contributed by atoms with van der Waals surface area (Å²) in [7, 11) is 0. The molecule has 0 spiro atoms. The molecular weight excluding hydrogens is 166 g/mol. The van der Waals surface area contributed by atoms with Gasteiger partial charge in [0.2, 0.25) is 0 Å². The van der Waals surface area contributed by atoms with E-state index in [1.165, 1.54) is 6.20 Å². The van der Waals surface area contributed by atoms with Crippen molar-refractivity contribution in [2.75, 3.05) is 0 Å². The Morgan fingerprint density at radius 3 is 2.62 bits per heavy atom. The molecule has 0 amide bonds. The number of pyridine rings is 1. The van der Waals surface area contributed by atoms with Gasteiger partial charge in [-0.1, -0.05) is 0 Å². The molecule has 0 atom stereocenters. The molecule has 68 valence electrons. The lowest BCUT2D eigenvalue weighted by Crippen LogP contribution is -2.34. The van der Waals surface area contributed by atoms with Gasteiger partial charge in [0.15, 0.2) is 6.29 Å². The Morgan fingerprint density at radius 1 is 1.46 bits per heavy atom. The van der Waals surface area contributed by atoms with E-state index in [9.17, 15) is 9.90 Å². The molecule has 0 radical (unpaired) electrons. The second kappa shape index (κ2) is 2.92. The average Bonchev–Trinajstić information content (AvgIpc) is 2.14. The molecule has 0 aliphatic heterocycles. The topological polar surface area (TPSA) is 50.2 Å². The maximum atomic E-state index is 10.3. The van der Waals surface area contributed by atoms with Crippen molar-refractivity contribution in [2.45, 2.75) is 24.9 Å². The van der Waals surface area contributed by atoms with E-state index in [1.807, 2.05) is 0 Å².